The number of aryl methyl sites for hydroxylation is 3. The van der Waals surface area contributed by atoms with E-state index in [-0.39, 0.29) is 29.9 Å². The molecule has 0 radical (unpaired) electrons. The maximum absolute atomic E-state index is 12.7. The third-order valence-corrected chi connectivity index (χ3v) is 6.04. The Kier molecular flexibility index (Phi) is 5.63. The molecule has 1 aliphatic rings. The quantitative estimate of drug-likeness (QED) is 0.669. The fourth-order valence-electron chi connectivity index (χ4n) is 3.10. The van der Waals surface area contributed by atoms with Crippen molar-refractivity contribution in [1.82, 2.24) is 34.0 Å². The van der Waals surface area contributed by atoms with Gasteiger partial charge in [0.05, 0.1) is 0 Å². The summed E-state index contributed by atoms with van der Waals surface area (Å²) in [5.41, 5.74) is 0. The molecular weight excluding hydrogens is 370 g/mol. The molecule has 1 unspecified atom stereocenters. The monoisotopic (exact) mass is 395 g/mol. The SMILES string of the molecule is Cc1nc(S(=O)(=O)NCCC(=O)N2CCNCC2c2nccn2C)cn1C. The lowest BCUT2D eigenvalue weighted by Crippen LogP contribution is -2.50. The molecule has 0 spiro atoms. The Balaban J connectivity index is 1.62. The molecule has 1 saturated heterocycles. The minimum absolute atomic E-state index is 0.0218. The lowest BCUT2D eigenvalue weighted by Gasteiger charge is -2.35. The van der Waals surface area contributed by atoms with E-state index >= 15 is 0 Å². The molecule has 2 N–H and O–H groups in total. The molecule has 148 valence electrons. The fraction of sp³-hybridized carbons (Fsp3) is 0.562. The molecule has 3 rings (SSSR count). The second-order valence-corrected chi connectivity index (χ2v) is 8.30. The number of nitrogens with one attached hydrogen (secondary N) is 2. The van der Waals surface area contributed by atoms with Crippen molar-refractivity contribution in [3.8, 4) is 0 Å². The van der Waals surface area contributed by atoms with Gasteiger partial charge in [-0.3, -0.25) is 4.79 Å². The molecule has 10 nitrogen and oxygen atoms in total. The van der Waals surface area contributed by atoms with Crippen molar-refractivity contribution < 1.29 is 13.2 Å². The van der Waals surface area contributed by atoms with Crippen LogP contribution in [0.25, 0.3) is 0 Å². The van der Waals surface area contributed by atoms with E-state index < -0.39 is 10.0 Å². The van der Waals surface area contributed by atoms with E-state index in [4.69, 9.17) is 0 Å². The zero-order chi connectivity index (χ0) is 19.6. The zero-order valence-electron chi connectivity index (χ0n) is 15.7. The van der Waals surface area contributed by atoms with Gasteiger partial charge in [-0.15, -0.1) is 0 Å². The molecule has 0 aliphatic carbocycles. The Bertz CT molecular complexity index is 899. The summed E-state index contributed by atoms with van der Waals surface area (Å²) in [6.07, 6.45) is 5.07. The second kappa shape index (κ2) is 7.79. The molecule has 2 aromatic rings. The zero-order valence-corrected chi connectivity index (χ0v) is 16.5. The van der Waals surface area contributed by atoms with Gasteiger partial charge in [0, 0.05) is 65.3 Å². The van der Waals surface area contributed by atoms with E-state index in [0.29, 0.717) is 25.5 Å². The van der Waals surface area contributed by atoms with Gasteiger partial charge in [0.25, 0.3) is 10.0 Å². The molecule has 11 heteroatoms. The molecule has 0 aromatic carbocycles. The van der Waals surface area contributed by atoms with Gasteiger partial charge in [0.1, 0.15) is 17.7 Å². The average molecular weight is 395 g/mol. The Morgan fingerprint density at radius 2 is 2.15 bits per heavy atom. The first-order chi connectivity index (χ1) is 12.8. The summed E-state index contributed by atoms with van der Waals surface area (Å²) in [7, 11) is -0.113. The first-order valence-corrected chi connectivity index (χ1v) is 10.2. The largest absolute Gasteiger partial charge is 0.337 e. The number of sulfonamides is 1. The van der Waals surface area contributed by atoms with Gasteiger partial charge in [-0.1, -0.05) is 0 Å². The summed E-state index contributed by atoms with van der Waals surface area (Å²) < 4.78 is 30.6. The number of carbonyl (C=O) groups excluding carboxylic acids is 1. The van der Waals surface area contributed by atoms with E-state index in [2.05, 4.69) is 20.0 Å². The van der Waals surface area contributed by atoms with Gasteiger partial charge in [-0.2, -0.15) is 0 Å². The molecular formula is C16H25N7O3S. The van der Waals surface area contributed by atoms with Gasteiger partial charge >= 0.3 is 0 Å². The van der Waals surface area contributed by atoms with Crippen molar-refractivity contribution in [2.45, 2.75) is 24.4 Å². The topological polar surface area (TPSA) is 114 Å². The van der Waals surface area contributed by atoms with Crippen LogP contribution >= 0.6 is 0 Å². The van der Waals surface area contributed by atoms with Gasteiger partial charge in [0.15, 0.2) is 5.03 Å². The molecule has 27 heavy (non-hydrogen) atoms. The molecule has 3 heterocycles. The molecule has 2 aromatic heterocycles. The standard InChI is InChI=1S/C16H25N7O3S/c1-12-20-14(11-22(12)3)27(25,26)19-5-4-15(24)23-9-6-17-10-13(23)16-18-7-8-21(16)2/h7-8,11,13,17,19H,4-6,9-10H2,1-3H3. The maximum Gasteiger partial charge on any atom is 0.259 e. The molecule has 1 aliphatic heterocycles. The normalized spacial score (nSPS) is 18.0. The van der Waals surface area contributed by atoms with Crippen LogP contribution in [-0.4, -0.2) is 64.5 Å². The van der Waals surface area contributed by atoms with Gasteiger partial charge in [0.2, 0.25) is 5.91 Å². The van der Waals surface area contributed by atoms with Gasteiger partial charge in [-0.05, 0) is 6.92 Å². The average Bonchev–Trinajstić information content (AvgIpc) is 3.21. The number of hydrogen-bond donors (Lipinski definition) is 2. The fourth-order valence-corrected chi connectivity index (χ4v) is 4.17. The van der Waals surface area contributed by atoms with Crippen LogP contribution in [0.4, 0.5) is 0 Å². The van der Waals surface area contributed by atoms with Crippen molar-refractivity contribution in [3.63, 3.8) is 0 Å². The summed E-state index contributed by atoms with van der Waals surface area (Å²) in [6, 6.07) is -0.165. The van der Waals surface area contributed by atoms with Crippen LogP contribution in [-0.2, 0) is 28.9 Å². The summed E-state index contributed by atoms with van der Waals surface area (Å²) in [5.74, 6) is 1.30. The van der Waals surface area contributed by atoms with Crippen LogP contribution in [0, 0.1) is 6.92 Å². The summed E-state index contributed by atoms with van der Waals surface area (Å²) in [6.45, 7) is 3.63. The van der Waals surface area contributed by atoms with Crippen molar-refractivity contribution in [2.75, 3.05) is 26.2 Å². The maximum atomic E-state index is 12.7. The smallest absolute Gasteiger partial charge is 0.259 e. The summed E-state index contributed by atoms with van der Waals surface area (Å²) in [4.78, 5) is 22.8. The van der Waals surface area contributed by atoms with E-state index in [1.165, 1.54) is 6.20 Å². The third-order valence-electron chi connectivity index (χ3n) is 4.71. The Labute approximate surface area is 158 Å². The molecule has 1 fully saturated rings. The third kappa shape index (κ3) is 4.20. The number of piperazine rings is 1. The summed E-state index contributed by atoms with van der Waals surface area (Å²) in [5, 5.41) is 3.24. The molecule has 1 amide bonds. The van der Waals surface area contributed by atoms with Crippen LogP contribution in [0.2, 0.25) is 0 Å². The summed E-state index contributed by atoms with van der Waals surface area (Å²) >= 11 is 0. The first kappa shape index (κ1) is 19.5. The minimum atomic E-state index is -3.73. The Hall–Kier alpha value is -2.24. The highest BCUT2D eigenvalue weighted by atomic mass is 32.2. The van der Waals surface area contributed by atoms with Crippen molar-refractivity contribution in [3.05, 3.63) is 30.2 Å². The van der Waals surface area contributed by atoms with E-state index in [9.17, 15) is 13.2 Å². The minimum Gasteiger partial charge on any atom is -0.337 e. The Morgan fingerprint density at radius 1 is 1.37 bits per heavy atom. The lowest BCUT2D eigenvalue weighted by atomic mass is 10.1. The van der Waals surface area contributed by atoms with E-state index in [0.717, 1.165) is 5.82 Å². The van der Waals surface area contributed by atoms with Crippen molar-refractivity contribution in [2.24, 2.45) is 14.1 Å². The number of amides is 1. The highest BCUT2D eigenvalue weighted by Gasteiger charge is 2.30. The number of nitrogens with zero attached hydrogens (tertiary/aromatic N) is 5. The molecule has 1 atom stereocenters. The van der Waals surface area contributed by atoms with E-state index in [1.54, 1.807) is 29.6 Å². The van der Waals surface area contributed by atoms with Crippen LogP contribution in [0.3, 0.4) is 0 Å². The number of aromatic nitrogens is 4. The molecule has 0 bridgehead atoms. The van der Waals surface area contributed by atoms with Gasteiger partial charge in [-0.25, -0.2) is 23.1 Å². The van der Waals surface area contributed by atoms with Crippen LogP contribution in [0.5, 0.6) is 0 Å². The second-order valence-electron chi connectivity index (χ2n) is 6.59. The van der Waals surface area contributed by atoms with E-state index in [1.807, 2.05) is 17.8 Å². The van der Waals surface area contributed by atoms with Crippen LogP contribution in [0.1, 0.15) is 24.1 Å². The number of imidazole rings is 2. The number of hydrogen-bond acceptors (Lipinski definition) is 6. The highest BCUT2D eigenvalue weighted by Crippen LogP contribution is 2.21. The van der Waals surface area contributed by atoms with Crippen LogP contribution in [0.15, 0.2) is 23.6 Å². The lowest BCUT2D eigenvalue weighted by molar-refractivity contribution is -0.134. The highest BCUT2D eigenvalue weighted by molar-refractivity contribution is 7.89. The predicted octanol–water partition coefficient (Wildman–Crippen LogP) is -0.696. The Morgan fingerprint density at radius 3 is 2.78 bits per heavy atom. The number of rotatable bonds is 6. The number of carbonyl (C=O) groups is 1. The molecule has 0 saturated carbocycles. The van der Waals surface area contributed by atoms with Crippen molar-refractivity contribution in [1.29, 1.82) is 0 Å². The first-order valence-electron chi connectivity index (χ1n) is 8.76. The van der Waals surface area contributed by atoms with Crippen molar-refractivity contribution >= 4 is 15.9 Å². The van der Waals surface area contributed by atoms with Crippen LogP contribution < -0.4 is 10.0 Å². The predicted molar refractivity (Wildman–Crippen MR) is 98.3 cm³/mol. The van der Waals surface area contributed by atoms with Gasteiger partial charge < -0.3 is 19.4 Å².